The van der Waals surface area contributed by atoms with Gasteiger partial charge in [-0.15, -0.1) is 0 Å². The lowest BCUT2D eigenvalue weighted by Crippen LogP contribution is -2.32. The van der Waals surface area contributed by atoms with E-state index in [1.165, 1.54) is 16.7 Å². The van der Waals surface area contributed by atoms with E-state index in [9.17, 15) is 4.79 Å². The Morgan fingerprint density at radius 1 is 1.29 bits per heavy atom. The first kappa shape index (κ1) is 13.8. The second kappa shape index (κ2) is 6.43. The van der Waals surface area contributed by atoms with Crippen LogP contribution >= 0.6 is 0 Å². The summed E-state index contributed by atoms with van der Waals surface area (Å²) in [7, 11) is 0. The quantitative estimate of drug-likeness (QED) is 0.831. The summed E-state index contributed by atoms with van der Waals surface area (Å²) in [6.45, 7) is 8.33. The normalized spacial score (nSPS) is 12.2. The number of benzene rings is 1. The Labute approximate surface area is 104 Å². The number of hydrogen-bond acceptors (Lipinski definition) is 1. The van der Waals surface area contributed by atoms with Crippen LogP contribution < -0.4 is 5.32 Å². The molecule has 0 radical (unpaired) electrons. The topological polar surface area (TPSA) is 29.1 Å². The van der Waals surface area contributed by atoms with Crippen LogP contribution in [0.3, 0.4) is 0 Å². The van der Waals surface area contributed by atoms with E-state index in [-0.39, 0.29) is 11.9 Å². The van der Waals surface area contributed by atoms with Crippen molar-refractivity contribution in [3.8, 4) is 0 Å². The molecule has 17 heavy (non-hydrogen) atoms. The molecule has 1 atom stereocenters. The van der Waals surface area contributed by atoms with Gasteiger partial charge in [0, 0.05) is 12.5 Å². The van der Waals surface area contributed by atoms with Crippen molar-refractivity contribution in [2.24, 2.45) is 0 Å². The van der Waals surface area contributed by atoms with Crippen LogP contribution in [0.15, 0.2) is 18.2 Å². The van der Waals surface area contributed by atoms with Gasteiger partial charge in [-0.2, -0.15) is 0 Å². The fraction of sp³-hybridized carbons (Fsp3) is 0.533. The fourth-order valence-corrected chi connectivity index (χ4v) is 1.67. The predicted octanol–water partition coefficient (Wildman–Crippen LogP) is 3.15. The van der Waals surface area contributed by atoms with Crippen LogP contribution in [0, 0.1) is 13.8 Å². The van der Waals surface area contributed by atoms with Gasteiger partial charge in [-0.3, -0.25) is 4.79 Å². The molecule has 1 N–H and O–H groups in total. The van der Waals surface area contributed by atoms with Crippen LogP contribution in [0.1, 0.15) is 43.4 Å². The minimum atomic E-state index is 0.151. The van der Waals surface area contributed by atoms with Crippen LogP contribution in [-0.4, -0.2) is 11.9 Å². The first-order chi connectivity index (χ1) is 8.02. The zero-order valence-electron chi connectivity index (χ0n) is 11.3. The van der Waals surface area contributed by atoms with Crippen LogP contribution in [0.4, 0.5) is 0 Å². The minimum absolute atomic E-state index is 0.151. The second-order valence-corrected chi connectivity index (χ2v) is 4.80. The van der Waals surface area contributed by atoms with Crippen LogP contribution in [-0.2, 0) is 11.2 Å². The number of rotatable bonds is 5. The van der Waals surface area contributed by atoms with Gasteiger partial charge in [0.15, 0.2) is 0 Å². The summed E-state index contributed by atoms with van der Waals surface area (Å²) in [5.74, 6) is 0.151. The summed E-state index contributed by atoms with van der Waals surface area (Å²) in [5, 5.41) is 2.99. The molecule has 0 bridgehead atoms. The van der Waals surface area contributed by atoms with Gasteiger partial charge in [-0.1, -0.05) is 25.1 Å². The van der Waals surface area contributed by atoms with Crippen molar-refractivity contribution < 1.29 is 4.79 Å². The van der Waals surface area contributed by atoms with Gasteiger partial charge in [0.05, 0.1) is 0 Å². The Morgan fingerprint density at radius 3 is 2.59 bits per heavy atom. The van der Waals surface area contributed by atoms with Gasteiger partial charge >= 0.3 is 0 Å². The summed E-state index contributed by atoms with van der Waals surface area (Å²) in [5.41, 5.74) is 3.84. The molecule has 2 heteroatoms. The molecule has 0 saturated heterocycles. The van der Waals surface area contributed by atoms with Crippen LogP contribution in [0.2, 0.25) is 0 Å². The van der Waals surface area contributed by atoms with Crippen molar-refractivity contribution in [3.63, 3.8) is 0 Å². The standard InChI is InChI=1S/C15H23NO/c1-5-13(4)16-15(17)9-8-14-7-6-11(2)12(3)10-14/h6-7,10,13H,5,8-9H2,1-4H3,(H,16,17). The minimum Gasteiger partial charge on any atom is -0.354 e. The molecule has 0 saturated carbocycles. The average molecular weight is 233 g/mol. The zero-order chi connectivity index (χ0) is 12.8. The number of nitrogens with one attached hydrogen (secondary N) is 1. The van der Waals surface area contributed by atoms with E-state index in [0.29, 0.717) is 6.42 Å². The van der Waals surface area contributed by atoms with Gasteiger partial charge in [0.25, 0.3) is 0 Å². The van der Waals surface area contributed by atoms with Crippen molar-refractivity contribution in [2.45, 2.75) is 53.0 Å². The predicted molar refractivity (Wildman–Crippen MR) is 72.1 cm³/mol. The van der Waals surface area contributed by atoms with E-state index in [1.54, 1.807) is 0 Å². The maximum absolute atomic E-state index is 11.6. The molecule has 0 fully saturated rings. The molecule has 1 unspecified atom stereocenters. The third kappa shape index (κ3) is 4.59. The summed E-state index contributed by atoms with van der Waals surface area (Å²) in [4.78, 5) is 11.6. The number of carbonyl (C=O) groups is 1. The Bertz CT molecular complexity index is 385. The maximum Gasteiger partial charge on any atom is 0.220 e. The van der Waals surface area contributed by atoms with Gasteiger partial charge in [-0.05, 0) is 50.3 Å². The molecular weight excluding hydrogens is 210 g/mol. The highest BCUT2D eigenvalue weighted by Gasteiger charge is 2.05. The van der Waals surface area contributed by atoms with E-state index >= 15 is 0 Å². The molecule has 0 aliphatic carbocycles. The number of carbonyl (C=O) groups excluding carboxylic acids is 1. The third-order valence-electron chi connectivity index (χ3n) is 3.23. The Hall–Kier alpha value is -1.31. The molecule has 0 heterocycles. The highest BCUT2D eigenvalue weighted by Crippen LogP contribution is 2.11. The molecular formula is C15H23NO. The summed E-state index contributed by atoms with van der Waals surface area (Å²) < 4.78 is 0. The summed E-state index contributed by atoms with van der Waals surface area (Å²) in [6, 6.07) is 6.68. The van der Waals surface area contributed by atoms with Gasteiger partial charge < -0.3 is 5.32 Å². The molecule has 1 amide bonds. The highest BCUT2D eigenvalue weighted by molar-refractivity contribution is 5.76. The molecule has 0 aliphatic heterocycles. The Balaban J connectivity index is 2.45. The summed E-state index contributed by atoms with van der Waals surface area (Å²) >= 11 is 0. The van der Waals surface area contributed by atoms with E-state index in [0.717, 1.165) is 12.8 Å². The molecule has 94 valence electrons. The monoisotopic (exact) mass is 233 g/mol. The van der Waals surface area contributed by atoms with Crippen molar-refractivity contribution >= 4 is 5.91 Å². The van der Waals surface area contributed by atoms with E-state index < -0.39 is 0 Å². The first-order valence-corrected chi connectivity index (χ1v) is 6.38. The summed E-state index contributed by atoms with van der Waals surface area (Å²) in [6.07, 6.45) is 2.38. The Morgan fingerprint density at radius 2 is 2.00 bits per heavy atom. The molecule has 1 rings (SSSR count). The lowest BCUT2D eigenvalue weighted by Gasteiger charge is -2.11. The lowest BCUT2D eigenvalue weighted by molar-refractivity contribution is -0.121. The van der Waals surface area contributed by atoms with Crippen molar-refractivity contribution in [3.05, 3.63) is 34.9 Å². The zero-order valence-corrected chi connectivity index (χ0v) is 11.3. The van der Waals surface area contributed by atoms with Gasteiger partial charge in [0.1, 0.15) is 0 Å². The third-order valence-corrected chi connectivity index (χ3v) is 3.23. The molecule has 2 nitrogen and oxygen atoms in total. The van der Waals surface area contributed by atoms with Gasteiger partial charge in [0.2, 0.25) is 5.91 Å². The SMILES string of the molecule is CCC(C)NC(=O)CCc1ccc(C)c(C)c1. The molecule has 0 spiro atoms. The second-order valence-electron chi connectivity index (χ2n) is 4.80. The van der Waals surface area contributed by atoms with Crippen molar-refractivity contribution in [1.82, 2.24) is 5.32 Å². The van der Waals surface area contributed by atoms with E-state index in [2.05, 4.69) is 44.3 Å². The first-order valence-electron chi connectivity index (χ1n) is 6.38. The van der Waals surface area contributed by atoms with E-state index in [1.807, 2.05) is 6.92 Å². The average Bonchev–Trinajstić information content (AvgIpc) is 2.30. The lowest BCUT2D eigenvalue weighted by atomic mass is 10.0. The molecule has 0 aliphatic rings. The molecule has 0 aromatic heterocycles. The van der Waals surface area contributed by atoms with E-state index in [4.69, 9.17) is 0 Å². The number of hydrogen-bond donors (Lipinski definition) is 1. The fourth-order valence-electron chi connectivity index (χ4n) is 1.67. The largest absolute Gasteiger partial charge is 0.354 e. The maximum atomic E-state index is 11.6. The smallest absolute Gasteiger partial charge is 0.220 e. The van der Waals surface area contributed by atoms with Crippen molar-refractivity contribution in [2.75, 3.05) is 0 Å². The van der Waals surface area contributed by atoms with Gasteiger partial charge in [-0.25, -0.2) is 0 Å². The number of aryl methyl sites for hydroxylation is 3. The van der Waals surface area contributed by atoms with Crippen LogP contribution in [0.25, 0.3) is 0 Å². The number of amides is 1. The highest BCUT2D eigenvalue weighted by atomic mass is 16.1. The molecule has 1 aromatic carbocycles. The Kier molecular flexibility index (Phi) is 5.20. The van der Waals surface area contributed by atoms with Crippen molar-refractivity contribution in [1.29, 1.82) is 0 Å². The molecule has 1 aromatic rings. The van der Waals surface area contributed by atoms with Crippen LogP contribution in [0.5, 0.6) is 0 Å².